The van der Waals surface area contributed by atoms with Gasteiger partial charge in [-0.05, 0) is 55.2 Å². The molecule has 0 aromatic heterocycles. The van der Waals surface area contributed by atoms with Crippen LogP contribution in [0.15, 0.2) is 72.8 Å². The summed E-state index contributed by atoms with van der Waals surface area (Å²) in [6, 6.07) is 23.2. The molecule has 0 spiro atoms. The lowest BCUT2D eigenvalue weighted by atomic mass is 10.1. The van der Waals surface area contributed by atoms with Crippen molar-refractivity contribution in [3.05, 3.63) is 89.5 Å². The first-order valence-corrected chi connectivity index (χ1v) is 15.1. The minimum atomic E-state index is -0.794. The van der Waals surface area contributed by atoms with Gasteiger partial charge in [0.2, 0.25) is 5.91 Å². The van der Waals surface area contributed by atoms with Crippen molar-refractivity contribution in [3.8, 4) is 0 Å². The van der Waals surface area contributed by atoms with Crippen molar-refractivity contribution < 1.29 is 19.1 Å². The lowest BCUT2D eigenvalue weighted by molar-refractivity contribution is -0.128. The van der Waals surface area contributed by atoms with E-state index in [-0.39, 0.29) is 17.7 Å². The molecular formula is C34H41N5O4. The largest absolute Gasteiger partial charge is 0.368 e. The first-order valence-electron chi connectivity index (χ1n) is 15.1. The van der Waals surface area contributed by atoms with E-state index in [4.69, 9.17) is 4.74 Å². The number of likely N-dealkylation sites (tertiary alicyclic amines) is 1. The number of nitrogens with one attached hydrogen (secondary N) is 2. The maximum absolute atomic E-state index is 13.5. The molecule has 3 amide bonds. The third-order valence-corrected chi connectivity index (χ3v) is 8.23. The number of nitrogens with zero attached hydrogens (tertiary/aromatic N) is 3. The van der Waals surface area contributed by atoms with Gasteiger partial charge in [0.05, 0.1) is 11.4 Å². The Labute approximate surface area is 253 Å². The molecule has 2 heterocycles. The van der Waals surface area contributed by atoms with Gasteiger partial charge in [0.25, 0.3) is 11.8 Å². The van der Waals surface area contributed by atoms with E-state index in [0.29, 0.717) is 37.2 Å². The summed E-state index contributed by atoms with van der Waals surface area (Å²) in [5.41, 5.74) is 5.14. The number of anilines is 3. The summed E-state index contributed by atoms with van der Waals surface area (Å²) in [6.07, 6.45) is 1.42. The van der Waals surface area contributed by atoms with E-state index < -0.39 is 6.10 Å². The Bertz CT molecular complexity index is 1420. The van der Waals surface area contributed by atoms with E-state index in [9.17, 15) is 14.4 Å². The van der Waals surface area contributed by atoms with Crippen LogP contribution in [-0.4, -0.2) is 75.5 Å². The molecule has 3 aromatic rings. The van der Waals surface area contributed by atoms with Crippen LogP contribution in [0.3, 0.4) is 0 Å². The zero-order valence-electron chi connectivity index (χ0n) is 25.1. The Morgan fingerprint density at radius 2 is 1.58 bits per heavy atom. The van der Waals surface area contributed by atoms with Gasteiger partial charge in [0.1, 0.15) is 0 Å². The van der Waals surface area contributed by atoms with Gasteiger partial charge in [0.15, 0.2) is 6.10 Å². The highest BCUT2D eigenvalue weighted by atomic mass is 16.5. The van der Waals surface area contributed by atoms with Crippen LogP contribution >= 0.6 is 0 Å². The number of para-hydroxylation sites is 1. The molecule has 226 valence electrons. The SMILES string of the molecule is COC(C(=O)Nc1cc(C(=O)NCCCN2CCCC2=O)ccc1N1CCN(c2ccccc2C)CC1)c1ccccc1. The molecule has 0 saturated carbocycles. The van der Waals surface area contributed by atoms with E-state index in [2.05, 4.69) is 51.6 Å². The van der Waals surface area contributed by atoms with Gasteiger partial charge in [-0.25, -0.2) is 0 Å². The maximum atomic E-state index is 13.5. The second kappa shape index (κ2) is 14.2. The van der Waals surface area contributed by atoms with Crippen LogP contribution < -0.4 is 20.4 Å². The molecule has 9 nitrogen and oxygen atoms in total. The number of ether oxygens (including phenoxy) is 1. The normalized spacial score (nSPS) is 15.9. The average Bonchev–Trinajstić information content (AvgIpc) is 3.44. The van der Waals surface area contributed by atoms with Crippen LogP contribution in [0.25, 0.3) is 0 Å². The fraction of sp³-hybridized carbons (Fsp3) is 0.382. The molecule has 0 radical (unpaired) electrons. The monoisotopic (exact) mass is 583 g/mol. The van der Waals surface area contributed by atoms with E-state index in [1.807, 2.05) is 47.4 Å². The molecule has 2 saturated heterocycles. The van der Waals surface area contributed by atoms with Gasteiger partial charge in [-0.2, -0.15) is 0 Å². The number of carbonyl (C=O) groups is 3. The summed E-state index contributed by atoms with van der Waals surface area (Å²) < 4.78 is 5.58. The van der Waals surface area contributed by atoms with E-state index in [0.717, 1.165) is 50.4 Å². The van der Waals surface area contributed by atoms with Crippen molar-refractivity contribution in [2.24, 2.45) is 0 Å². The number of carbonyl (C=O) groups excluding carboxylic acids is 3. The number of benzene rings is 3. The maximum Gasteiger partial charge on any atom is 0.258 e. The predicted molar refractivity (Wildman–Crippen MR) is 170 cm³/mol. The molecule has 2 N–H and O–H groups in total. The lowest BCUT2D eigenvalue weighted by Crippen LogP contribution is -2.47. The molecule has 2 aliphatic rings. The molecule has 9 heteroatoms. The third kappa shape index (κ3) is 7.35. The first kappa shape index (κ1) is 30.1. The standard InChI is InChI=1S/C34H41N5O4/c1-25-10-6-7-13-29(25)37-20-22-38(23-21-37)30-16-15-27(33(41)35-17-9-19-39-18-8-14-31(39)40)24-28(30)36-34(42)32(43-2)26-11-4-3-5-12-26/h3-7,10-13,15-16,24,32H,8-9,14,17-23H2,1-2H3,(H,35,41)(H,36,42). The lowest BCUT2D eigenvalue weighted by Gasteiger charge is -2.38. The Balaban J connectivity index is 1.31. The highest BCUT2D eigenvalue weighted by Crippen LogP contribution is 2.31. The fourth-order valence-corrected chi connectivity index (χ4v) is 5.89. The van der Waals surface area contributed by atoms with Gasteiger partial charge in [-0.15, -0.1) is 0 Å². The van der Waals surface area contributed by atoms with Crippen molar-refractivity contribution in [1.29, 1.82) is 0 Å². The van der Waals surface area contributed by atoms with Crippen molar-refractivity contribution in [2.75, 3.05) is 68.0 Å². The topological polar surface area (TPSA) is 94.2 Å². The number of methoxy groups -OCH3 is 1. The molecule has 1 atom stereocenters. The average molecular weight is 584 g/mol. The number of amides is 3. The van der Waals surface area contributed by atoms with Crippen LogP contribution in [0.4, 0.5) is 17.1 Å². The number of aryl methyl sites for hydroxylation is 1. The summed E-state index contributed by atoms with van der Waals surface area (Å²) >= 11 is 0. The summed E-state index contributed by atoms with van der Waals surface area (Å²) in [6.45, 7) is 7.24. The quantitative estimate of drug-likeness (QED) is 0.325. The second-order valence-corrected chi connectivity index (χ2v) is 11.1. The van der Waals surface area contributed by atoms with E-state index in [1.165, 1.54) is 18.4 Å². The van der Waals surface area contributed by atoms with Crippen molar-refractivity contribution >= 4 is 34.8 Å². The molecule has 0 aliphatic carbocycles. The van der Waals surface area contributed by atoms with Gasteiger partial charge < -0.3 is 30.1 Å². The summed E-state index contributed by atoms with van der Waals surface area (Å²) in [5.74, 6) is -0.334. The zero-order chi connectivity index (χ0) is 30.2. The molecule has 1 unspecified atom stereocenters. The van der Waals surface area contributed by atoms with Crippen LogP contribution in [-0.2, 0) is 14.3 Å². The Hall–Kier alpha value is -4.37. The molecule has 2 fully saturated rings. The number of piperazine rings is 1. The minimum absolute atomic E-state index is 0.187. The van der Waals surface area contributed by atoms with Crippen LogP contribution in [0.2, 0.25) is 0 Å². The number of rotatable bonds is 11. The Morgan fingerprint density at radius 1 is 0.884 bits per heavy atom. The zero-order valence-corrected chi connectivity index (χ0v) is 25.1. The molecule has 43 heavy (non-hydrogen) atoms. The minimum Gasteiger partial charge on any atom is -0.368 e. The molecule has 0 bridgehead atoms. The predicted octanol–water partition coefficient (Wildman–Crippen LogP) is 4.39. The van der Waals surface area contributed by atoms with Gasteiger partial charge >= 0.3 is 0 Å². The number of hydrogen-bond donors (Lipinski definition) is 2. The highest BCUT2D eigenvalue weighted by Gasteiger charge is 2.25. The van der Waals surface area contributed by atoms with Crippen LogP contribution in [0.5, 0.6) is 0 Å². The van der Waals surface area contributed by atoms with Crippen molar-refractivity contribution in [2.45, 2.75) is 32.3 Å². The second-order valence-electron chi connectivity index (χ2n) is 11.1. The fourth-order valence-electron chi connectivity index (χ4n) is 5.89. The highest BCUT2D eigenvalue weighted by molar-refractivity contribution is 6.01. The van der Waals surface area contributed by atoms with Gasteiger partial charge in [-0.3, -0.25) is 14.4 Å². The number of hydrogen-bond acceptors (Lipinski definition) is 6. The Morgan fingerprint density at radius 3 is 2.26 bits per heavy atom. The summed E-state index contributed by atoms with van der Waals surface area (Å²) in [5, 5.41) is 6.04. The smallest absolute Gasteiger partial charge is 0.258 e. The van der Waals surface area contributed by atoms with Crippen molar-refractivity contribution in [3.63, 3.8) is 0 Å². The molecule has 5 rings (SSSR count). The first-order chi connectivity index (χ1) is 20.9. The third-order valence-electron chi connectivity index (χ3n) is 8.23. The van der Waals surface area contributed by atoms with Crippen LogP contribution in [0, 0.1) is 6.92 Å². The molecule has 2 aliphatic heterocycles. The Kier molecular flexibility index (Phi) is 9.94. The van der Waals surface area contributed by atoms with Gasteiger partial charge in [-0.1, -0.05) is 48.5 Å². The summed E-state index contributed by atoms with van der Waals surface area (Å²) in [7, 11) is 1.52. The van der Waals surface area contributed by atoms with E-state index >= 15 is 0 Å². The van der Waals surface area contributed by atoms with Crippen LogP contribution in [0.1, 0.15) is 46.9 Å². The molecular weight excluding hydrogens is 542 g/mol. The van der Waals surface area contributed by atoms with Gasteiger partial charge in [0, 0.05) is 70.6 Å². The van der Waals surface area contributed by atoms with Crippen molar-refractivity contribution in [1.82, 2.24) is 10.2 Å². The summed E-state index contributed by atoms with van der Waals surface area (Å²) in [4.78, 5) is 45.0. The molecule has 3 aromatic carbocycles. The van der Waals surface area contributed by atoms with E-state index in [1.54, 1.807) is 6.07 Å².